The molecule has 0 fully saturated rings. The van der Waals surface area contributed by atoms with Crippen LogP contribution in [0.2, 0.25) is 0 Å². The molecule has 5 rings (SSSR count). The van der Waals surface area contributed by atoms with Gasteiger partial charge in [0.05, 0.1) is 25.7 Å². The van der Waals surface area contributed by atoms with Crippen molar-refractivity contribution in [2.24, 2.45) is 0 Å². The van der Waals surface area contributed by atoms with Crippen LogP contribution in [0.4, 0.5) is 0 Å². The third-order valence-electron chi connectivity index (χ3n) is 10.3. The lowest BCUT2D eigenvalue weighted by Gasteiger charge is -2.09. The molecule has 0 aromatic carbocycles. The van der Waals surface area contributed by atoms with E-state index in [-0.39, 0.29) is 32.1 Å². The number of carbonyl (C=O) groups is 4. The van der Waals surface area contributed by atoms with E-state index in [1.807, 2.05) is 20.8 Å². The fraction of sp³-hybridized carbons (Fsp3) is 0.500. The second-order valence-electron chi connectivity index (χ2n) is 14.1. The van der Waals surface area contributed by atoms with Crippen LogP contribution in [0.25, 0.3) is 0 Å². The molecule has 1 aliphatic heterocycles. The summed E-state index contributed by atoms with van der Waals surface area (Å²) in [6.07, 6.45) is 6.23. The molecule has 8 bridgehead atoms. The number of hydrogen-bond donors (Lipinski definition) is 8. The van der Waals surface area contributed by atoms with Gasteiger partial charge in [-0.15, -0.1) is 0 Å². The molecule has 280 valence electrons. The van der Waals surface area contributed by atoms with Gasteiger partial charge in [-0.25, -0.2) is 0 Å². The van der Waals surface area contributed by atoms with Gasteiger partial charge in [0.25, 0.3) is 0 Å². The molecule has 12 heteroatoms. The number of carboxylic acids is 4. The molecule has 8 N–H and O–H groups in total. The predicted octanol–water partition coefficient (Wildman–Crippen LogP) is 5.99. The molecule has 4 aromatic heterocycles. The first-order chi connectivity index (χ1) is 24.9. The molecule has 0 unspecified atom stereocenters. The third kappa shape index (κ3) is 8.21. The van der Waals surface area contributed by atoms with Crippen LogP contribution in [0.1, 0.15) is 143 Å². The minimum atomic E-state index is -0.971. The van der Waals surface area contributed by atoms with Crippen molar-refractivity contribution < 1.29 is 39.6 Å². The fourth-order valence-corrected chi connectivity index (χ4v) is 8.37. The fourth-order valence-electron chi connectivity index (χ4n) is 8.37. The summed E-state index contributed by atoms with van der Waals surface area (Å²) in [7, 11) is 0. The van der Waals surface area contributed by atoms with Crippen molar-refractivity contribution >= 4 is 23.9 Å². The summed E-state index contributed by atoms with van der Waals surface area (Å²) in [6.45, 7) is 8.18. The molecule has 52 heavy (non-hydrogen) atoms. The number of H-pyrrole nitrogens is 4. The smallest absolute Gasteiger partial charge is 0.307 e. The second kappa shape index (κ2) is 16.6. The molecule has 0 radical (unpaired) electrons. The number of aromatic amines is 4. The quantitative estimate of drug-likeness (QED) is 0.0606. The van der Waals surface area contributed by atoms with Gasteiger partial charge in [-0.1, -0.05) is 53.4 Å². The van der Waals surface area contributed by atoms with Crippen LogP contribution in [-0.2, 0) is 96.2 Å². The summed E-state index contributed by atoms with van der Waals surface area (Å²) in [5.74, 6) is -3.84. The van der Waals surface area contributed by atoms with Crippen LogP contribution in [-0.4, -0.2) is 64.2 Å². The van der Waals surface area contributed by atoms with Crippen LogP contribution in [0.5, 0.6) is 0 Å². The summed E-state index contributed by atoms with van der Waals surface area (Å²) in [5, 5.41) is 40.3. The molecule has 12 nitrogen and oxygen atoms in total. The minimum Gasteiger partial charge on any atom is -0.481 e. The zero-order valence-electron chi connectivity index (χ0n) is 30.7. The highest BCUT2D eigenvalue weighted by atomic mass is 16.4. The highest BCUT2D eigenvalue weighted by molar-refractivity contribution is 5.74. The number of aliphatic carboxylic acids is 4. The van der Waals surface area contributed by atoms with Gasteiger partial charge in [0, 0.05) is 71.2 Å². The molecular formula is C40H52N4O8. The molecule has 0 atom stereocenters. The number of nitrogens with one attached hydrogen (secondary N) is 4. The topological polar surface area (TPSA) is 212 Å². The van der Waals surface area contributed by atoms with E-state index >= 15 is 0 Å². The zero-order chi connectivity index (χ0) is 37.7. The molecule has 1 aliphatic rings. The van der Waals surface area contributed by atoms with Crippen LogP contribution < -0.4 is 0 Å². The number of hydrogen-bond acceptors (Lipinski definition) is 4. The monoisotopic (exact) mass is 716 g/mol. The average molecular weight is 717 g/mol. The summed E-state index contributed by atoms with van der Waals surface area (Å²) >= 11 is 0. The van der Waals surface area contributed by atoms with E-state index < -0.39 is 23.9 Å². The van der Waals surface area contributed by atoms with E-state index in [1.54, 1.807) is 0 Å². The molecule has 0 spiro atoms. The molecule has 0 saturated heterocycles. The molecule has 4 aromatic rings. The largest absolute Gasteiger partial charge is 0.481 e. The second-order valence-corrected chi connectivity index (χ2v) is 14.1. The Bertz CT molecular complexity index is 1970. The lowest BCUT2D eigenvalue weighted by molar-refractivity contribution is -0.137. The van der Waals surface area contributed by atoms with Gasteiger partial charge in [0.1, 0.15) is 0 Å². The first-order valence-electron chi connectivity index (χ1n) is 18.6. The first-order valence-corrected chi connectivity index (χ1v) is 18.6. The van der Waals surface area contributed by atoms with Crippen LogP contribution >= 0.6 is 0 Å². The van der Waals surface area contributed by atoms with E-state index in [0.717, 1.165) is 87.7 Å². The Morgan fingerprint density at radius 2 is 0.538 bits per heavy atom. The molecule has 0 amide bonds. The Kier molecular flexibility index (Phi) is 12.2. The minimum absolute atomic E-state index is 0.167. The molecule has 0 saturated carbocycles. The van der Waals surface area contributed by atoms with Gasteiger partial charge in [0.15, 0.2) is 0 Å². The zero-order valence-corrected chi connectivity index (χ0v) is 30.7. The average Bonchev–Trinajstić information content (AvgIpc) is 3.74. The number of rotatable bonds is 16. The molecule has 0 aliphatic carbocycles. The standard InChI is InChI=1S/C40H52N4O8/c1-5-9-21-25(13-37(45)46)33-18-31-23(11-7-3)26(14-38(47)48)34(43-31)19-32-24(12-8-4)28(16-40(51)52)36(44-32)20-35-27(15-39(49)50)22(10-6-2)30(42-35)17-29(21)41-33/h41-44H,5-20H2,1-4H3,(H,45,46)(H,47,48)(H,49,50)(H,51,52). The highest BCUT2D eigenvalue weighted by Gasteiger charge is 2.29. The van der Waals surface area contributed by atoms with Gasteiger partial charge in [0.2, 0.25) is 0 Å². The van der Waals surface area contributed by atoms with Crippen molar-refractivity contribution in [3.8, 4) is 0 Å². The van der Waals surface area contributed by atoms with Crippen molar-refractivity contribution in [2.45, 2.75) is 130 Å². The van der Waals surface area contributed by atoms with Crippen molar-refractivity contribution in [3.63, 3.8) is 0 Å². The van der Waals surface area contributed by atoms with E-state index in [2.05, 4.69) is 26.9 Å². The third-order valence-corrected chi connectivity index (χ3v) is 10.3. The Balaban J connectivity index is 1.86. The predicted molar refractivity (Wildman–Crippen MR) is 196 cm³/mol. The van der Waals surface area contributed by atoms with Crippen LogP contribution in [0.3, 0.4) is 0 Å². The molecule has 5 heterocycles. The van der Waals surface area contributed by atoms with Gasteiger partial charge in [-0.3, -0.25) is 19.2 Å². The SMILES string of the molecule is CCCc1c2[nH]c(c1CC(=O)O)Cc1[nH]c(c(CC(=O)O)c1CCC)Cc1[nH]c(c(CC(=O)O)c1CCC)Cc1[nH]c(c(CCC)c1CC(=O)O)C2. The lowest BCUT2D eigenvalue weighted by atomic mass is 9.93. The number of fused-ring (bicyclic) bond motifs is 8. The maximum absolute atomic E-state index is 12.3. The Morgan fingerprint density at radius 3 is 0.692 bits per heavy atom. The molecular weight excluding hydrogens is 664 g/mol. The number of carboxylic acid groups (broad SMARTS) is 4. The van der Waals surface area contributed by atoms with Gasteiger partial charge < -0.3 is 40.4 Å². The van der Waals surface area contributed by atoms with Crippen molar-refractivity contribution in [3.05, 3.63) is 90.1 Å². The van der Waals surface area contributed by atoms with Crippen LogP contribution in [0, 0.1) is 0 Å². The van der Waals surface area contributed by atoms with Crippen molar-refractivity contribution in [1.82, 2.24) is 19.9 Å². The highest BCUT2D eigenvalue weighted by Crippen LogP contribution is 2.35. The normalized spacial score (nSPS) is 12.7. The van der Waals surface area contributed by atoms with Crippen molar-refractivity contribution in [2.75, 3.05) is 0 Å². The Labute approximate surface area is 303 Å². The summed E-state index contributed by atoms with van der Waals surface area (Å²) in [6, 6.07) is 0. The van der Waals surface area contributed by atoms with E-state index in [0.29, 0.717) is 73.0 Å². The summed E-state index contributed by atoms with van der Waals surface area (Å²) in [4.78, 5) is 63.6. The van der Waals surface area contributed by atoms with Gasteiger partial charge in [-0.05, 0) is 70.2 Å². The lowest BCUT2D eigenvalue weighted by Crippen LogP contribution is -2.08. The van der Waals surface area contributed by atoms with Gasteiger partial charge >= 0.3 is 23.9 Å². The summed E-state index contributed by atoms with van der Waals surface area (Å²) in [5.41, 5.74) is 12.8. The Morgan fingerprint density at radius 1 is 0.365 bits per heavy atom. The first kappa shape index (κ1) is 38.2. The van der Waals surface area contributed by atoms with Crippen LogP contribution in [0.15, 0.2) is 0 Å². The van der Waals surface area contributed by atoms with Crippen molar-refractivity contribution in [1.29, 1.82) is 0 Å². The number of aromatic nitrogens is 4. The maximum atomic E-state index is 12.3. The summed E-state index contributed by atoms with van der Waals surface area (Å²) < 4.78 is 0. The van der Waals surface area contributed by atoms with E-state index in [1.165, 1.54) is 0 Å². The van der Waals surface area contributed by atoms with E-state index in [9.17, 15) is 39.6 Å². The van der Waals surface area contributed by atoms with E-state index in [4.69, 9.17) is 0 Å². The Hall–Kier alpha value is -5.00. The van der Waals surface area contributed by atoms with Gasteiger partial charge in [-0.2, -0.15) is 0 Å². The maximum Gasteiger partial charge on any atom is 0.307 e.